The van der Waals surface area contributed by atoms with Crippen molar-refractivity contribution in [3.63, 3.8) is 0 Å². The zero-order valence-corrected chi connectivity index (χ0v) is 16.3. The van der Waals surface area contributed by atoms with E-state index in [9.17, 15) is 4.79 Å². The third-order valence-electron chi connectivity index (χ3n) is 5.80. The van der Waals surface area contributed by atoms with Gasteiger partial charge in [-0.2, -0.15) is 0 Å². The third kappa shape index (κ3) is 3.80. The number of benzene rings is 2. The van der Waals surface area contributed by atoms with Gasteiger partial charge in [0.15, 0.2) is 11.5 Å². The van der Waals surface area contributed by atoms with Crippen LogP contribution in [0.25, 0.3) is 10.9 Å². The molecule has 0 spiro atoms. The minimum absolute atomic E-state index is 0.0373. The lowest BCUT2D eigenvalue weighted by Crippen LogP contribution is -2.40. The molecule has 1 amide bonds. The van der Waals surface area contributed by atoms with Crippen molar-refractivity contribution in [3.05, 3.63) is 59.8 Å². The normalized spacial score (nSPS) is 18.8. The molecule has 150 valence electrons. The monoisotopic (exact) mass is 391 g/mol. The number of hydrogen-bond acceptors (Lipinski definition) is 4. The molecule has 3 aromatic rings. The predicted molar refractivity (Wildman–Crippen MR) is 111 cm³/mol. The Balaban J connectivity index is 1.18. The molecule has 0 bridgehead atoms. The molecule has 2 aliphatic rings. The summed E-state index contributed by atoms with van der Waals surface area (Å²) in [6.07, 6.45) is 2.27. The molecule has 29 heavy (non-hydrogen) atoms. The van der Waals surface area contributed by atoms with E-state index in [2.05, 4.69) is 21.3 Å². The molecule has 1 fully saturated rings. The number of hydrogen-bond donors (Lipinski definition) is 2. The Bertz CT molecular complexity index is 996. The third-order valence-corrected chi connectivity index (χ3v) is 5.80. The molecule has 1 unspecified atom stereocenters. The molecule has 0 radical (unpaired) electrons. The highest BCUT2D eigenvalue weighted by Crippen LogP contribution is 2.36. The number of aromatic nitrogens is 1. The predicted octanol–water partition coefficient (Wildman–Crippen LogP) is 3.54. The molecule has 1 atom stereocenters. The zero-order valence-electron chi connectivity index (χ0n) is 16.3. The molecule has 0 saturated carbocycles. The smallest absolute Gasteiger partial charge is 0.267 e. The van der Waals surface area contributed by atoms with Gasteiger partial charge in [0.25, 0.3) is 5.91 Å². The summed E-state index contributed by atoms with van der Waals surface area (Å²) in [6, 6.07) is 15.9. The Morgan fingerprint density at radius 2 is 2.10 bits per heavy atom. The summed E-state index contributed by atoms with van der Waals surface area (Å²) in [5, 5.41) is 4.17. The van der Waals surface area contributed by atoms with E-state index < -0.39 is 0 Å². The van der Waals surface area contributed by atoms with Gasteiger partial charge in [-0.25, -0.2) is 0 Å². The maximum Gasteiger partial charge on any atom is 0.267 e. The summed E-state index contributed by atoms with van der Waals surface area (Å²) < 4.78 is 11.1. The van der Waals surface area contributed by atoms with Crippen molar-refractivity contribution in [1.82, 2.24) is 15.2 Å². The number of fused-ring (bicyclic) bond motifs is 2. The van der Waals surface area contributed by atoms with Crippen LogP contribution in [0.5, 0.6) is 11.5 Å². The van der Waals surface area contributed by atoms with Crippen LogP contribution in [-0.4, -0.2) is 42.2 Å². The van der Waals surface area contributed by atoms with Crippen LogP contribution in [-0.2, 0) is 6.54 Å². The standard InChI is InChI=1S/C23H25N3O3/c27-23(20-11-17-6-1-2-8-19(17)25-20)24-12-16-5-4-10-26(13-16)14-18-7-3-9-21-22(18)29-15-28-21/h1-3,6-9,11,16,25H,4-5,10,12-15H2,(H,24,27). The number of rotatable bonds is 5. The number of amides is 1. The Labute approximate surface area is 169 Å². The van der Waals surface area contributed by atoms with Crippen LogP contribution >= 0.6 is 0 Å². The summed E-state index contributed by atoms with van der Waals surface area (Å²) in [5.74, 6) is 2.12. The Hall–Kier alpha value is -2.99. The molecule has 6 nitrogen and oxygen atoms in total. The van der Waals surface area contributed by atoms with Gasteiger partial charge < -0.3 is 19.8 Å². The Morgan fingerprint density at radius 3 is 3.03 bits per heavy atom. The number of piperidine rings is 1. The minimum Gasteiger partial charge on any atom is -0.454 e. The molecular weight excluding hydrogens is 366 g/mol. The summed E-state index contributed by atoms with van der Waals surface area (Å²) in [5.41, 5.74) is 2.78. The van der Waals surface area contributed by atoms with Crippen LogP contribution in [0, 0.1) is 5.92 Å². The van der Waals surface area contributed by atoms with Crippen molar-refractivity contribution in [2.75, 3.05) is 26.4 Å². The highest BCUT2D eigenvalue weighted by Gasteiger charge is 2.24. The number of aromatic amines is 1. The fraction of sp³-hybridized carbons (Fsp3) is 0.348. The van der Waals surface area contributed by atoms with E-state index >= 15 is 0 Å². The molecule has 2 N–H and O–H groups in total. The van der Waals surface area contributed by atoms with E-state index in [0.717, 1.165) is 54.9 Å². The molecule has 5 rings (SSSR count). The molecule has 1 aromatic heterocycles. The fourth-order valence-electron chi connectivity index (χ4n) is 4.35. The number of likely N-dealkylation sites (tertiary alicyclic amines) is 1. The summed E-state index contributed by atoms with van der Waals surface area (Å²) in [7, 11) is 0. The first-order chi connectivity index (χ1) is 14.3. The summed E-state index contributed by atoms with van der Waals surface area (Å²) in [6.45, 7) is 3.87. The number of carbonyl (C=O) groups is 1. The van der Waals surface area contributed by atoms with Crippen molar-refractivity contribution >= 4 is 16.8 Å². The molecule has 1 saturated heterocycles. The second kappa shape index (κ2) is 7.79. The van der Waals surface area contributed by atoms with Gasteiger partial charge in [-0.3, -0.25) is 9.69 Å². The topological polar surface area (TPSA) is 66.6 Å². The largest absolute Gasteiger partial charge is 0.454 e. The van der Waals surface area contributed by atoms with E-state index in [4.69, 9.17) is 9.47 Å². The summed E-state index contributed by atoms with van der Waals surface area (Å²) in [4.78, 5) is 18.2. The maximum absolute atomic E-state index is 12.6. The first-order valence-corrected chi connectivity index (χ1v) is 10.2. The van der Waals surface area contributed by atoms with Crippen LogP contribution in [0.2, 0.25) is 0 Å². The first kappa shape index (κ1) is 18.1. The fourth-order valence-corrected chi connectivity index (χ4v) is 4.35. The van der Waals surface area contributed by atoms with Crippen molar-refractivity contribution < 1.29 is 14.3 Å². The van der Waals surface area contributed by atoms with Gasteiger partial charge in [0.05, 0.1) is 0 Å². The van der Waals surface area contributed by atoms with Gasteiger partial charge in [-0.1, -0.05) is 30.3 Å². The van der Waals surface area contributed by atoms with Gasteiger partial charge in [-0.15, -0.1) is 0 Å². The molecule has 2 aliphatic heterocycles. The SMILES string of the molecule is O=C(NCC1CCCN(Cc2cccc3c2OCO3)C1)c1cc2ccccc2[nH]1. The van der Waals surface area contributed by atoms with Gasteiger partial charge in [-0.05, 0) is 43.5 Å². The highest BCUT2D eigenvalue weighted by molar-refractivity contribution is 5.97. The van der Waals surface area contributed by atoms with Crippen LogP contribution < -0.4 is 14.8 Å². The Morgan fingerprint density at radius 1 is 1.17 bits per heavy atom. The number of H-pyrrole nitrogens is 1. The number of nitrogens with one attached hydrogen (secondary N) is 2. The van der Waals surface area contributed by atoms with Crippen molar-refractivity contribution in [3.8, 4) is 11.5 Å². The average Bonchev–Trinajstić information content (AvgIpc) is 3.40. The van der Waals surface area contributed by atoms with E-state index in [0.29, 0.717) is 24.9 Å². The van der Waals surface area contributed by atoms with Crippen molar-refractivity contribution in [2.45, 2.75) is 19.4 Å². The van der Waals surface area contributed by atoms with Gasteiger partial charge in [0.1, 0.15) is 5.69 Å². The van der Waals surface area contributed by atoms with E-state index in [1.807, 2.05) is 42.5 Å². The van der Waals surface area contributed by atoms with Crippen LogP contribution in [0.15, 0.2) is 48.5 Å². The molecule has 0 aliphatic carbocycles. The first-order valence-electron chi connectivity index (χ1n) is 10.2. The second-order valence-electron chi connectivity index (χ2n) is 7.87. The van der Waals surface area contributed by atoms with Crippen molar-refractivity contribution in [2.24, 2.45) is 5.92 Å². The number of carbonyl (C=O) groups excluding carboxylic acids is 1. The minimum atomic E-state index is -0.0373. The lowest BCUT2D eigenvalue weighted by atomic mass is 9.97. The van der Waals surface area contributed by atoms with Crippen LogP contribution in [0.4, 0.5) is 0 Å². The van der Waals surface area contributed by atoms with Crippen molar-refractivity contribution in [1.29, 1.82) is 0 Å². The van der Waals surface area contributed by atoms with Gasteiger partial charge in [0.2, 0.25) is 6.79 Å². The molecular formula is C23H25N3O3. The van der Waals surface area contributed by atoms with E-state index in [1.54, 1.807) is 0 Å². The highest BCUT2D eigenvalue weighted by atomic mass is 16.7. The van der Waals surface area contributed by atoms with Crippen LogP contribution in [0.3, 0.4) is 0 Å². The molecule has 3 heterocycles. The maximum atomic E-state index is 12.6. The second-order valence-corrected chi connectivity index (χ2v) is 7.87. The number of nitrogens with zero attached hydrogens (tertiary/aromatic N) is 1. The quantitative estimate of drug-likeness (QED) is 0.698. The van der Waals surface area contributed by atoms with Crippen LogP contribution in [0.1, 0.15) is 28.9 Å². The lowest BCUT2D eigenvalue weighted by molar-refractivity contribution is 0.0926. The van der Waals surface area contributed by atoms with Gasteiger partial charge >= 0.3 is 0 Å². The molecule has 2 aromatic carbocycles. The zero-order chi connectivity index (χ0) is 19.6. The number of ether oxygens (including phenoxy) is 2. The molecule has 6 heteroatoms. The van der Waals surface area contributed by atoms with Gasteiger partial charge in [0, 0.05) is 36.1 Å². The van der Waals surface area contributed by atoms with E-state index in [1.165, 1.54) is 5.56 Å². The Kier molecular flexibility index (Phi) is 4.86. The lowest BCUT2D eigenvalue weighted by Gasteiger charge is -2.33. The van der Waals surface area contributed by atoms with E-state index in [-0.39, 0.29) is 5.91 Å². The summed E-state index contributed by atoms with van der Waals surface area (Å²) >= 11 is 0. The average molecular weight is 391 g/mol. The number of para-hydroxylation sites is 2.